The fourth-order valence-electron chi connectivity index (χ4n) is 1.30. The Bertz CT molecular complexity index is 389. The number of sulfonamides is 1. The fourth-order valence-corrected chi connectivity index (χ4v) is 2.93. The van der Waals surface area contributed by atoms with Gasteiger partial charge in [-0.15, -0.1) is 0 Å². The quantitative estimate of drug-likeness (QED) is 0.604. The lowest BCUT2D eigenvalue weighted by Crippen LogP contribution is -2.42. The van der Waals surface area contributed by atoms with Crippen molar-refractivity contribution >= 4 is 22.0 Å². The van der Waals surface area contributed by atoms with E-state index < -0.39 is 28.0 Å². The summed E-state index contributed by atoms with van der Waals surface area (Å²) in [4.78, 5) is 21.8. The molecule has 0 radical (unpaired) electrons. The van der Waals surface area contributed by atoms with E-state index in [0.717, 1.165) is 0 Å². The van der Waals surface area contributed by atoms with Gasteiger partial charge in [0.05, 0.1) is 12.9 Å². The summed E-state index contributed by atoms with van der Waals surface area (Å²) >= 11 is 0. The highest BCUT2D eigenvalue weighted by atomic mass is 32.2. The average Bonchev–Trinajstić information content (AvgIpc) is 2.21. The first-order valence-corrected chi connectivity index (χ1v) is 7.12. The normalized spacial score (nSPS) is 13.3. The Morgan fingerprint density at radius 1 is 1.33 bits per heavy atom. The molecule has 18 heavy (non-hydrogen) atoms. The summed E-state index contributed by atoms with van der Waals surface area (Å²) in [7, 11) is -2.48. The van der Waals surface area contributed by atoms with Crippen molar-refractivity contribution in [1.82, 2.24) is 4.72 Å². The zero-order chi connectivity index (χ0) is 14.3. The summed E-state index contributed by atoms with van der Waals surface area (Å²) in [6.07, 6.45) is -0.295. The zero-order valence-corrected chi connectivity index (χ0v) is 11.5. The van der Waals surface area contributed by atoms with Crippen LogP contribution in [0.1, 0.15) is 26.7 Å². The Balaban J connectivity index is 4.54. The Hall–Kier alpha value is -1.15. The largest absolute Gasteiger partial charge is 0.480 e. The number of hydrogen-bond acceptors (Lipinski definition) is 5. The van der Waals surface area contributed by atoms with Gasteiger partial charge in [0.2, 0.25) is 10.0 Å². The maximum atomic E-state index is 11.6. The lowest BCUT2D eigenvalue weighted by atomic mass is 10.2. The maximum Gasteiger partial charge on any atom is 0.321 e. The SMILES string of the molecule is COC(=O)CC[C@H](NS(=O)(=O)CC(C)C)C(=O)O. The van der Waals surface area contributed by atoms with E-state index in [2.05, 4.69) is 9.46 Å². The van der Waals surface area contributed by atoms with Crippen molar-refractivity contribution in [2.45, 2.75) is 32.7 Å². The van der Waals surface area contributed by atoms with Crippen LogP contribution in [0.4, 0.5) is 0 Å². The molecule has 0 bridgehead atoms. The first-order chi connectivity index (χ1) is 8.18. The molecule has 0 fully saturated rings. The number of methoxy groups -OCH3 is 1. The third-order valence-electron chi connectivity index (χ3n) is 2.04. The second kappa shape index (κ2) is 7.32. The number of carbonyl (C=O) groups is 2. The van der Waals surface area contributed by atoms with Crippen LogP contribution in [-0.4, -0.2) is 44.4 Å². The van der Waals surface area contributed by atoms with Crippen LogP contribution in [-0.2, 0) is 24.3 Å². The third kappa shape index (κ3) is 7.23. The minimum atomic E-state index is -3.66. The second-order valence-corrected chi connectivity index (χ2v) is 6.10. The number of hydrogen-bond donors (Lipinski definition) is 2. The number of esters is 1. The van der Waals surface area contributed by atoms with Crippen LogP contribution in [0.3, 0.4) is 0 Å². The Morgan fingerprint density at radius 2 is 1.89 bits per heavy atom. The Kier molecular flexibility index (Phi) is 6.85. The van der Waals surface area contributed by atoms with Gasteiger partial charge >= 0.3 is 11.9 Å². The van der Waals surface area contributed by atoms with E-state index in [4.69, 9.17) is 5.11 Å². The third-order valence-corrected chi connectivity index (χ3v) is 3.79. The minimum Gasteiger partial charge on any atom is -0.480 e. The summed E-state index contributed by atoms with van der Waals surface area (Å²) < 4.78 is 29.6. The molecule has 8 heteroatoms. The van der Waals surface area contributed by atoms with Gasteiger partial charge in [0.15, 0.2) is 0 Å². The molecule has 0 aromatic carbocycles. The van der Waals surface area contributed by atoms with Crippen LogP contribution in [0.5, 0.6) is 0 Å². The topological polar surface area (TPSA) is 110 Å². The van der Waals surface area contributed by atoms with E-state index >= 15 is 0 Å². The minimum absolute atomic E-state index is 0.113. The van der Waals surface area contributed by atoms with Gasteiger partial charge in [0.1, 0.15) is 6.04 Å². The highest BCUT2D eigenvalue weighted by Crippen LogP contribution is 2.04. The van der Waals surface area contributed by atoms with Crippen LogP contribution >= 0.6 is 0 Å². The average molecular weight is 281 g/mol. The molecule has 0 spiro atoms. The van der Waals surface area contributed by atoms with Crippen LogP contribution in [0, 0.1) is 5.92 Å². The molecule has 2 N–H and O–H groups in total. The van der Waals surface area contributed by atoms with Crippen LogP contribution in [0.25, 0.3) is 0 Å². The predicted molar refractivity (Wildman–Crippen MR) is 64.4 cm³/mol. The molecule has 0 aliphatic heterocycles. The number of carboxylic acids is 1. The predicted octanol–water partition coefficient (Wildman–Crippen LogP) is -0.0318. The molecule has 0 saturated heterocycles. The molecule has 7 nitrogen and oxygen atoms in total. The van der Waals surface area contributed by atoms with Gasteiger partial charge in [-0.3, -0.25) is 9.59 Å². The molecule has 0 heterocycles. The first kappa shape index (κ1) is 16.9. The van der Waals surface area contributed by atoms with Crippen molar-refractivity contribution in [2.24, 2.45) is 5.92 Å². The Morgan fingerprint density at radius 3 is 2.28 bits per heavy atom. The Labute approximate surface area is 107 Å². The first-order valence-electron chi connectivity index (χ1n) is 5.47. The number of carbonyl (C=O) groups excluding carboxylic acids is 1. The molecule has 0 unspecified atom stereocenters. The molecule has 0 aliphatic carbocycles. The molecular weight excluding hydrogens is 262 g/mol. The molecule has 0 aliphatic rings. The second-order valence-electron chi connectivity index (χ2n) is 4.30. The van der Waals surface area contributed by atoms with Crippen LogP contribution in [0.15, 0.2) is 0 Å². The highest BCUT2D eigenvalue weighted by molar-refractivity contribution is 7.89. The summed E-state index contributed by atoms with van der Waals surface area (Å²) in [5, 5.41) is 8.88. The molecular formula is C10H19NO6S. The molecule has 0 aromatic rings. The van der Waals surface area contributed by atoms with Crippen molar-refractivity contribution < 1.29 is 27.9 Å². The van der Waals surface area contributed by atoms with Crippen molar-refractivity contribution in [3.63, 3.8) is 0 Å². The van der Waals surface area contributed by atoms with E-state index in [1.807, 2.05) is 0 Å². The number of ether oxygens (including phenoxy) is 1. The zero-order valence-electron chi connectivity index (χ0n) is 10.7. The number of rotatable bonds is 8. The highest BCUT2D eigenvalue weighted by Gasteiger charge is 2.25. The van der Waals surface area contributed by atoms with Gasteiger partial charge < -0.3 is 9.84 Å². The van der Waals surface area contributed by atoms with Crippen LogP contribution in [0.2, 0.25) is 0 Å². The lowest BCUT2D eigenvalue weighted by Gasteiger charge is -2.15. The number of carboxylic acid groups (broad SMARTS) is 1. The van der Waals surface area contributed by atoms with Gasteiger partial charge in [0, 0.05) is 6.42 Å². The van der Waals surface area contributed by atoms with Crippen molar-refractivity contribution in [3.8, 4) is 0 Å². The smallest absolute Gasteiger partial charge is 0.321 e. The number of nitrogens with one attached hydrogen (secondary N) is 1. The van der Waals surface area contributed by atoms with E-state index in [1.54, 1.807) is 13.8 Å². The van der Waals surface area contributed by atoms with Crippen LogP contribution < -0.4 is 4.72 Å². The fraction of sp³-hybridized carbons (Fsp3) is 0.800. The van der Waals surface area contributed by atoms with Gasteiger partial charge in [-0.25, -0.2) is 13.1 Å². The molecule has 0 aromatic heterocycles. The standard InChI is InChI=1S/C10H19NO6S/c1-7(2)6-18(15,16)11-8(10(13)14)4-5-9(12)17-3/h7-8,11H,4-6H2,1-3H3,(H,13,14)/t8-/m0/s1. The molecule has 0 rings (SSSR count). The van der Waals surface area contributed by atoms with E-state index in [1.165, 1.54) is 7.11 Å². The molecule has 0 saturated carbocycles. The van der Waals surface area contributed by atoms with Gasteiger partial charge in [0.25, 0.3) is 0 Å². The van der Waals surface area contributed by atoms with E-state index in [9.17, 15) is 18.0 Å². The van der Waals surface area contributed by atoms with E-state index in [0.29, 0.717) is 0 Å². The molecule has 0 amide bonds. The van der Waals surface area contributed by atoms with Crippen molar-refractivity contribution in [3.05, 3.63) is 0 Å². The van der Waals surface area contributed by atoms with Gasteiger partial charge in [-0.05, 0) is 12.3 Å². The molecule has 1 atom stereocenters. The molecule has 106 valence electrons. The maximum absolute atomic E-state index is 11.6. The summed E-state index contributed by atoms with van der Waals surface area (Å²) in [6, 6.07) is -1.31. The summed E-state index contributed by atoms with van der Waals surface area (Å²) in [5.41, 5.74) is 0. The lowest BCUT2D eigenvalue weighted by molar-refractivity contribution is -0.142. The summed E-state index contributed by atoms with van der Waals surface area (Å²) in [5.74, 6) is -2.16. The van der Waals surface area contributed by atoms with Gasteiger partial charge in [-0.1, -0.05) is 13.8 Å². The van der Waals surface area contributed by atoms with E-state index in [-0.39, 0.29) is 24.5 Å². The number of aliphatic carboxylic acids is 1. The van der Waals surface area contributed by atoms with Gasteiger partial charge in [-0.2, -0.15) is 0 Å². The van der Waals surface area contributed by atoms with Crippen molar-refractivity contribution in [1.29, 1.82) is 0 Å². The van der Waals surface area contributed by atoms with Crippen molar-refractivity contribution in [2.75, 3.05) is 12.9 Å². The monoisotopic (exact) mass is 281 g/mol. The summed E-state index contributed by atoms with van der Waals surface area (Å²) in [6.45, 7) is 3.42.